The van der Waals surface area contributed by atoms with Gasteiger partial charge in [-0.25, -0.2) is 0 Å². The van der Waals surface area contributed by atoms with Gasteiger partial charge in [0.15, 0.2) is 5.11 Å². The Morgan fingerprint density at radius 2 is 1.95 bits per heavy atom. The summed E-state index contributed by atoms with van der Waals surface area (Å²) in [6.45, 7) is 4.98. The highest BCUT2D eigenvalue weighted by Gasteiger charge is 2.19. The van der Waals surface area contributed by atoms with Crippen molar-refractivity contribution in [3.63, 3.8) is 0 Å². The molecule has 1 aromatic rings. The van der Waals surface area contributed by atoms with Crippen molar-refractivity contribution in [2.75, 3.05) is 51.3 Å². The van der Waals surface area contributed by atoms with Crippen LogP contribution in [0.5, 0.6) is 0 Å². The third-order valence-electron chi connectivity index (χ3n) is 3.42. The number of rotatable bonds is 4. The molecule has 1 aliphatic heterocycles. The highest BCUT2D eigenvalue weighted by atomic mass is 35.5. The van der Waals surface area contributed by atoms with Crippen molar-refractivity contribution in [2.24, 2.45) is 0 Å². The normalized spacial score (nSPS) is 15.2. The molecule has 21 heavy (non-hydrogen) atoms. The molecule has 0 atom stereocenters. The largest absolute Gasteiger partial charge is 0.383 e. The SMILES string of the molecule is COCCNC(=S)N1CCN(c2ccc(Cl)c(Cl)c2)CC1. The number of anilines is 1. The van der Waals surface area contributed by atoms with E-state index in [-0.39, 0.29) is 0 Å². The van der Waals surface area contributed by atoms with Gasteiger partial charge in [0.25, 0.3) is 0 Å². The summed E-state index contributed by atoms with van der Waals surface area (Å²) in [7, 11) is 1.68. The Balaban J connectivity index is 1.85. The zero-order valence-electron chi connectivity index (χ0n) is 11.9. The molecule has 7 heteroatoms. The number of methoxy groups -OCH3 is 1. The van der Waals surface area contributed by atoms with Crippen LogP contribution in [-0.2, 0) is 4.74 Å². The molecule has 0 radical (unpaired) electrons. The molecule has 2 rings (SSSR count). The number of hydrogen-bond acceptors (Lipinski definition) is 3. The van der Waals surface area contributed by atoms with E-state index in [4.69, 9.17) is 40.2 Å². The van der Waals surface area contributed by atoms with Crippen molar-refractivity contribution in [1.82, 2.24) is 10.2 Å². The predicted octanol–water partition coefficient (Wildman–Crippen LogP) is 2.64. The van der Waals surface area contributed by atoms with Gasteiger partial charge in [-0.15, -0.1) is 0 Å². The zero-order chi connectivity index (χ0) is 15.2. The van der Waals surface area contributed by atoms with Crippen LogP contribution in [0, 0.1) is 0 Å². The van der Waals surface area contributed by atoms with Crippen molar-refractivity contribution >= 4 is 46.2 Å². The lowest BCUT2D eigenvalue weighted by Gasteiger charge is -2.37. The molecule has 0 aromatic heterocycles. The molecule has 0 saturated carbocycles. The van der Waals surface area contributed by atoms with Crippen LogP contribution in [0.25, 0.3) is 0 Å². The minimum absolute atomic E-state index is 0.586. The minimum Gasteiger partial charge on any atom is -0.383 e. The lowest BCUT2D eigenvalue weighted by molar-refractivity contribution is 0.202. The van der Waals surface area contributed by atoms with E-state index in [1.807, 2.05) is 18.2 Å². The molecule has 0 aliphatic carbocycles. The van der Waals surface area contributed by atoms with Crippen LogP contribution in [0.2, 0.25) is 10.0 Å². The lowest BCUT2D eigenvalue weighted by Crippen LogP contribution is -2.52. The fourth-order valence-corrected chi connectivity index (χ4v) is 2.80. The summed E-state index contributed by atoms with van der Waals surface area (Å²) in [6.07, 6.45) is 0. The van der Waals surface area contributed by atoms with E-state index >= 15 is 0 Å². The number of halogens is 2. The standard InChI is InChI=1S/C14H19Cl2N3OS/c1-20-9-4-17-14(21)19-7-5-18(6-8-19)11-2-3-12(15)13(16)10-11/h2-3,10H,4-9H2,1H3,(H,17,21). The molecule has 116 valence electrons. The summed E-state index contributed by atoms with van der Waals surface area (Å²) in [5.74, 6) is 0. The van der Waals surface area contributed by atoms with E-state index in [9.17, 15) is 0 Å². The van der Waals surface area contributed by atoms with Gasteiger partial charge in [-0.3, -0.25) is 0 Å². The number of benzene rings is 1. The average Bonchev–Trinajstić information content (AvgIpc) is 2.50. The summed E-state index contributed by atoms with van der Waals surface area (Å²) in [5.41, 5.74) is 1.10. The van der Waals surface area contributed by atoms with Gasteiger partial charge in [0, 0.05) is 45.5 Å². The van der Waals surface area contributed by atoms with Crippen LogP contribution in [0.1, 0.15) is 0 Å². The molecule has 1 aliphatic rings. The molecule has 1 fully saturated rings. The quantitative estimate of drug-likeness (QED) is 0.667. The molecular weight excluding hydrogens is 329 g/mol. The van der Waals surface area contributed by atoms with Crippen molar-refractivity contribution in [2.45, 2.75) is 0 Å². The fourth-order valence-electron chi connectivity index (χ4n) is 2.22. The molecular formula is C14H19Cl2N3OS. The van der Waals surface area contributed by atoms with Gasteiger partial charge in [0.1, 0.15) is 0 Å². The summed E-state index contributed by atoms with van der Waals surface area (Å²) in [6, 6.07) is 5.75. The number of thiocarbonyl (C=S) groups is 1. The Morgan fingerprint density at radius 3 is 2.57 bits per heavy atom. The Kier molecular flexibility index (Phi) is 6.36. The van der Waals surface area contributed by atoms with E-state index in [0.717, 1.165) is 43.5 Å². The van der Waals surface area contributed by atoms with E-state index in [2.05, 4.69) is 15.1 Å². The van der Waals surface area contributed by atoms with Crippen LogP contribution in [0.3, 0.4) is 0 Å². The molecule has 0 spiro atoms. The van der Waals surface area contributed by atoms with Gasteiger partial charge < -0.3 is 19.9 Å². The maximum Gasteiger partial charge on any atom is 0.169 e. The first kappa shape index (κ1) is 16.6. The molecule has 4 nitrogen and oxygen atoms in total. The Hall–Kier alpha value is -0.750. The number of nitrogens with zero attached hydrogens (tertiary/aromatic N) is 2. The first-order chi connectivity index (χ1) is 10.1. The molecule has 1 saturated heterocycles. The van der Waals surface area contributed by atoms with Gasteiger partial charge in [0.05, 0.1) is 16.7 Å². The summed E-state index contributed by atoms with van der Waals surface area (Å²) < 4.78 is 5.00. The zero-order valence-corrected chi connectivity index (χ0v) is 14.3. The first-order valence-electron chi connectivity index (χ1n) is 6.83. The Labute approximate surface area is 140 Å². The molecule has 0 bridgehead atoms. The minimum atomic E-state index is 0.586. The molecule has 0 unspecified atom stereocenters. The topological polar surface area (TPSA) is 27.7 Å². The van der Waals surface area contributed by atoms with Crippen molar-refractivity contribution < 1.29 is 4.74 Å². The van der Waals surface area contributed by atoms with Gasteiger partial charge >= 0.3 is 0 Å². The van der Waals surface area contributed by atoms with Gasteiger partial charge in [-0.2, -0.15) is 0 Å². The Morgan fingerprint density at radius 1 is 1.24 bits per heavy atom. The second kappa shape index (κ2) is 8.03. The predicted molar refractivity (Wildman–Crippen MR) is 92.7 cm³/mol. The third-order valence-corrected chi connectivity index (χ3v) is 4.56. The second-order valence-electron chi connectivity index (χ2n) is 4.80. The fraction of sp³-hybridized carbons (Fsp3) is 0.500. The van der Waals surface area contributed by atoms with Gasteiger partial charge in [-0.1, -0.05) is 23.2 Å². The highest BCUT2D eigenvalue weighted by molar-refractivity contribution is 7.80. The van der Waals surface area contributed by atoms with Crippen molar-refractivity contribution in [3.05, 3.63) is 28.2 Å². The molecule has 1 aromatic carbocycles. The molecule has 0 amide bonds. The number of piperazine rings is 1. The van der Waals surface area contributed by atoms with Crippen LogP contribution < -0.4 is 10.2 Å². The first-order valence-corrected chi connectivity index (χ1v) is 8.00. The van der Waals surface area contributed by atoms with E-state index < -0.39 is 0 Å². The number of nitrogens with one attached hydrogen (secondary N) is 1. The van der Waals surface area contributed by atoms with E-state index in [0.29, 0.717) is 16.7 Å². The van der Waals surface area contributed by atoms with Crippen LogP contribution >= 0.6 is 35.4 Å². The average molecular weight is 348 g/mol. The smallest absolute Gasteiger partial charge is 0.169 e. The lowest BCUT2D eigenvalue weighted by atomic mass is 10.2. The van der Waals surface area contributed by atoms with E-state index in [1.54, 1.807) is 7.11 Å². The maximum atomic E-state index is 6.07. The van der Waals surface area contributed by atoms with Crippen LogP contribution in [-0.4, -0.2) is 56.5 Å². The highest BCUT2D eigenvalue weighted by Crippen LogP contribution is 2.27. The summed E-state index contributed by atoms with van der Waals surface area (Å²) in [5, 5.41) is 5.17. The summed E-state index contributed by atoms with van der Waals surface area (Å²) >= 11 is 17.4. The van der Waals surface area contributed by atoms with Crippen LogP contribution in [0.15, 0.2) is 18.2 Å². The van der Waals surface area contributed by atoms with Gasteiger partial charge in [-0.05, 0) is 30.4 Å². The third kappa shape index (κ3) is 4.61. The molecule has 1 N–H and O–H groups in total. The van der Waals surface area contributed by atoms with Crippen molar-refractivity contribution in [1.29, 1.82) is 0 Å². The van der Waals surface area contributed by atoms with Crippen molar-refractivity contribution in [3.8, 4) is 0 Å². The van der Waals surface area contributed by atoms with E-state index in [1.165, 1.54) is 0 Å². The number of ether oxygens (including phenoxy) is 1. The second-order valence-corrected chi connectivity index (χ2v) is 6.00. The monoisotopic (exact) mass is 347 g/mol. The Bertz CT molecular complexity index is 493. The molecule has 1 heterocycles. The number of hydrogen-bond donors (Lipinski definition) is 1. The maximum absolute atomic E-state index is 6.07. The summed E-state index contributed by atoms with van der Waals surface area (Å²) in [4.78, 5) is 4.47. The van der Waals surface area contributed by atoms with Crippen LogP contribution in [0.4, 0.5) is 5.69 Å². The van der Waals surface area contributed by atoms with Gasteiger partial charge in [0.2, 0.25) is 0 Å².